The minimum absolute atomic E-state index is 0.216. The SMILES string of the molecule is Cc1ccc(CNc2ccnc(C(=O)Nc3ccc(C(C)C)cc3)c2)cc1. The maximum absolute atomic E-state index is 12.5. The monoisotopic (exact) mass is 359 g/mol. The summed E-state index contributed by atoms with van der Waals surface area (Å²) >= 11 is 0. The molecule has 0 aliphatic heterocycles. The molecule has 0 saturated heterocycles. The average molecular weight is 359 g/mol. The van der Waals surface area contributed by atoms with Crippen LogP contribution in [0.15, 0.2) is 66.9 Å². The number of nitrogens with one attached hydrogen (secondary N) is 2. The van der Waals surface area contributed by atoms with Crippen molar-refractivity contribution in [2.45, 2.75) is 33.2 Å². The second-order valence-corrected chi connectivity index (χ2v) is 7.00. The molecule has 1 aromatic heterocycles. The molecule has 0 aliphatic carbocycles. The molecule has 4 heteroatoms. The molecule has 0 unspecified atom stereocenters. The number of benzene rings is 2. The van der Waals surface area contributed by atoms with Crippen LogP contribution < -0.4 is 10.6 Å². The lowest BCUT2D eigenvalue weighted by Crippen LogP contribution is -2.14. The third kappa shape index (κ3) is 5.17. The standard InChI is InChI=1S/C23H25N3O/c1-16(2)19-8-10-20(11-9-19)26-23(27)22-14-21(12-13-24-22)25-15-18-6-4-17(3)5-7-18/h4-14,16H,15H2,1-3H3,(H,24,25)(H,26,27). The largest absolute Gasteiger partial charge is 0.381 e. The average Bonchev–Trinajstić information content (AvgIpc) is 2.68. The first-order valence-electron chi connectivity index (χ1n) is 9.18. The van der Waals surface area contributed by atoms with Gasteiger partial charge in [-0.1, -0.05) is 55.8 Å². The number of hydrogen-bond acceptors (Lipinski definition) is 3. The van der Waals surface area contributed by atoms with Crippen LogP contribution in [0.5, 0.6) is 0 Å². The van der Waals surface area contributed by atoms with Gasteiger partial charge in [0.1, 0.15) is 5.69 Å². The van der Waals surface area contributed by atoms with Gasteiger partial charge in [0.25, 0.3) is 5.91 Å². The molecule has 0 fully saturated rings. The Morgan fingerprint density at radius 2 is 1.67 bits per heavy atom. The summed E-state index contributed by atoms with van der Waals surface area (Å²) in [6.45, 7) is 7.06. The molecule has 0 spiro atoms. The lowest BCUT2D eigenvalue weighted by molar-refractivity contribution is 0.102. The zero-order valence-corrected chi connectivity index (χ0v) is 16.0. The van der Waals surface area contributed by atoms with Crippen molar-refractivity contribution in [2.24, 2.45) is 0 Å². The van der Waals surface area contributed by atoms with Gasteiger partial charge in [0.15, 0.2) is 0 Å². The molecule has 3 aromatic rings. The lowest BCUT2D eigenvalue weighted by atomic mass is 10.0. The molecule has 0 aliphatic rings. The third-order valence-electron chi connectivity index (χ3n) is 4.45. The summed E-state index contributed by atoms with van der Waals surface area (Å²) in [5, 5.41) is 6.24. The van der Waals surface area contributed by atoms with Crippen LogP contribution >= 0.6 is 0 Å². The van der Waals surface area contributed by atoms with Crippen molar-refractivity contribution in [3.63, 3.8) is 0 Å². The van der Waals surface area contributed by atoms with E-state index in [-0.39, 0.29) is 5.91 Å². The molecule has 4 nitrogen and oxygen atoms in total. The van der Waals surface area contributed by atoms with E-state index in [1.807, 2.05) is 30.3 Å². The van der Waals surface area contributed by atoms with Gasteiger partial charge in [0.2, 0.25) is 0 Å². The highest BCUT2D eigenvalue weighted by molar-refractivity contribution is 6.03. The third-order valence-corrected chi connectivity index (χ3v) is 4.45. The van der Waals surface area contributed by atoms with Crippen LogP contribution in [0, 0.1) is 6.92 Å². The number of aryl methyl sites for hydroxylation is 1. The van der Waals surface area contributed by atoms with Gasteiger partial charge in [0, 0.05) is 24.1 Å². The van der Waals surface area contributed by atoms with Gasteiger partial charge >= 0.3 is 0 Å². The van der Waals surface area contributed by atoms with Crippen LogP contribution in [0.4, 0.5) is 11.4 Å². The highest BCUT2D eigenvalue weighted by Gasteiger charge is 2.09. The molecular weight excluding hydrogens is 334 g/mol. The Hall–Kier alpha value is -3.14. The highest BCUT2D eigenvalue weighted by atomic mass is 16.1. The highest BCUT2D eigenvalue weighted by Crippen LogP contribution is 2.18. The van der Waals surface area contributed by atoms with Crippen molar-refractivity contribution in [1.82, 2.24) is 4.98 Å². The Balaban J connectivity index is 1.63. The zero-order chi connectivity index (χ0) is 19.2. The van der Waals surface area contributed by atoms with Gasteiger partial charge in [-0.2, -0.15) is 0 Å². The van der Waals surface area contributed by atoms with Gasteiger partial charge in [0.05, 0.1) is 0 Å². The first-order valence-corrected chi connectivity index (χ1v) is 9.18. The Labute approximate surface area is 160 Å². The van der Waals surface area contributed by atoms with Crippen molar-refractivity contribution in [1.29, 1.82) is 0 Å². The number of aromatic nitrogens is 1. The summed E-state index contributed by atoms with van der Waals surface area (Å²) in [4.78, 5) is 16.7. The maximum Gasteiger partial charge on any atom is 0.274 e. The number of amides is 1. The van der Waals surface area contributed by atoms with E-state index >= 15 is 0 Å². The molecular formula is C23H25N3O. The zero-order valence-electron chi connectivity index (χ0n) is 16.0. The number of anilines is 2. The molecule has 0 radical (unpaired) electrons. The normalized spacial score (nSPS) is 10.7. The molecule has 0 saturated carbocycles. The molecule has 1 heterocycles. The van der Waals surface area contributed by atoms with E-state index in [1.165, 1.54) is 16.7 Å². The Kier molecular flexibility index (Phi) is 5.87. The van der Waals surface area contributed by atoms with Gasteiger partial charge in [-0.15, -0.1) is 0 Å². The van der Waals surface area contributed by atoms with Crippen molar-refractivity contribution in [3.8, 4) is 0 Å². The van der Waals surface area contributed by atoms with E-state index in [9.17, 15) is 4.79 Å². The Morgan fingerprint density at radius 1 is 0.963 bits per heavy atom. The smallest absolute Gasteiger partial charge is 0.274 e. The van der Waals surface area contributed by atoms with Crippen LogP contribution in [-0.2, 0) is 6.54 Å². The van der Waals surface area contributed by atoms with E-state index in [2.05, 4.69) is 60.7 Å². The number of hydrogen-bond donors (Lipinski definition) is 2. The van der Waals surface area contributed by atoms with Crippen molar-refractivity contribution in [3.05, 3.63) is 89.2 Å². The van der Waals surface area contributed by atoms with Crippen LogP contribution in [-0.4, -0.2) is 10.9 Å². The van der Waals surface area contributed by atoms with Gasteiger partial charge < -0.3 is 10.6 Å². The fourth-order valence-electron chi connectivity index (χ4n) is 2.72. The van der Waals surface area contributed by atoms with E-state index in [0.717, 1.165) is 11.4 Å². The summed E-state index contributed by atoms with van der Waals surface area (Å²) in [5.74, 6) is 0.249. The molecule has 1 amide bonds. The van der Waals surface area contributed by atoms with Gasteiger partial charge in [-0.25, -0.2) is 0 Å². The van der Waals surface area contributed by atoms with Gasteiger partial charge in [-0.3, -0.25) is 9.78 Å². The summed E-state index contributed by atoms with van der Waals surface area (Å²) in [7, 11) is 0. The summed E-state index contributed by atoms with van der Waals surface area (Å²) in [6.07, 6.45) is 1.65. The topological polar surface area (TPSA) is 54.0 Å². The predicted octanol–water partition coefficient (Wildman–Crippen LogP) is 5.38. The number of nitrogens with zero attached hydrogens (tertiary/aromatic N) is 1. The van der Waals surface area contributed by atoms with Crippen molar-refractivity contribution < 1.29 is 4.79 Å². The number of carbonyl (C=O) groups is 1. The van der Waals surface area contributed by atoms with Crippen LogP contribution in [0.2, 0.25) is 0 Å². The second-order valence-electron chi connectivity index (χ2n) is 7.00. The first-order chi connectivity index (χ1) is 13.0. The number of rotatable bonds is 6. The molecule has 2 aromatic carbocycles. The fraction of sp³-hybridized carbons (Fsp3) is 0.217. The minimum Gasteiger partial charge on any atom is -0.381 e. The van der Waals surface area contributed by atoms with E-state index in [4.69, 9.17) is 0 Å². The predicted molar refractivity (Wildman–Crippen MR) is 111 cm³/mol. The number of carbonyl (C=O) groups excluding carboxylic acids is 1. The number of pyridine rings is 1. The maximum atomic E-state index is 12.5. The van der Waals surface area contributed by atoms with E-state index < -0.39 is 0 Å². The quantitative estimate of drug-likeness (QED) is 0.621. The van der Waals surface area contributed by atoms with Crippen LogP contribution in [0.3, 0.4) is 0 Å². The molecule has 138 valence electrons. The fourth-order valence-corrected chi connectivity index (χ4v) is 2.72. The van der Waals surface area contributed by atoms with Crippen LogP contribution in [0.25, 0.3) is 0 Å². The summed E-state index contributed by atoms with van der Waals surface area (Å²) in [6, 6.07) is 19.9. The van der Waals surface area contributed by atoms with E-state index in [1.54, 1.807) is 12.3 Å². The molecule has 0 atom stereocenters. The molecule has 27 heavy (non-hydrogen) atoms. The first kappa shape index (κ1) is 18.6. The summed E-state index contributed by atoms with van der Waals surface area (Å²) < 4.78 is 0. The minimum atomic E-state index is -0.216. The molecule has 3 rings (SSSR count). The Morgan fingerprint density at radius 3 is 2.33 bits per heavy atom. The summed E-state index contributed by atoms with van der Waals surface area (Å²) in [5.41, 5.74) is 5.69. The van der Waals surface area contributed by atoms with Crippen LogP contribution in [0.1, 0.15) is 46.9 Å². The Bertz CT molecular complexity index is 900. The molecule has 2 N–H and O–H groups in total. The molecule has 0 bridgehead atoms. The van der Waals surface area contributed by atoms with E-state index in [0.29, 0.717) is 18.2 Å². The lowest BCUT2D eigenvalue weighted by Gasteiger charge is -2.10. The van der Waals surface area contributed by atoms with Gasteiger partial charge in [-0.05, 0) is 48.2 Å². The van der Waals surface area contributed by atoms with Crippen molar-refractivity contribution >= 4 is 17.3 Å². The van der Waals surface area contributed by atoms with Crippen molar-refractivity contribution in [2.75, 3.05) is 10.6 Å². The second kappa shape index (κ2) is 8.49.